The Hall–Kier alpha value is -1.99. The Morgan fingerprint density at radius 2 is 2.04 bits per heavy atom. The Bertz CT molecular complexity index is 707. The number of fused-ring (bicyclic) bond motifs is 1. The van der Waals surface area contributed by atoms with Crippen molar-refractivity contribution in [3.8, 4) is 0 Å². The van der Waals surface area contributed by atoms with Crippen molar-refractivity contribution < 1.29 is 9.90 Å². The monoisotopic (exact) mass is 315 g/mol. The third-order valence-corrected chi connectivity index (χ3v) is 5.02. The number of carbonyl (C=O) groups excluding carboxylic acids is 1. The highest BCUT2D eigenvalue weighted by atomic mass is 16.3. The predicted octanol–water partition coefficient (Wildman–Crippen LogP) is 0.401. The van der Waals surface area contributed by atoms with Gasteiger partial charge in [-0.3, -0.25) is 9.69 Å². The molecular formula is C16H21N5O2. The molecule has 0 unspecified atom stereocenters. The number of rotatable bonds is 2. The first kappa shape index (κ1) is 14.6. The number of nitrogens with zero attached hydrogens (tertiary/aromatic N) is 5. The summed E-state index contributed by atoms with van der Waals surface area (Å²) >= 11 is 0. The van der Waals surface area contributed by atoms with Crippen LogP contribution < -0.4 is 0 Å². The molecule has 2 aromatic heterocycles. The number of aliphatic hydroxyl groups is 1. The molecule has 1 saturated carbocycles. The number of piperazine rings is 1. The zero-order valence-electron chi connectivity index (χ0n) is 13.0. The number of aromatic nitrogens is 3. The van der Waals surface area contributed by atoms with E-state index in [1.54, 1.807) is 29.2 Å². The van der Waals surface area contributed by atoms with Gasteiger partial charge in [-0.1, -0.05) is 0 Å². The fraction of sp³-hybridized carbons (Fsp3) is 0.562. The average Bonchev–Trinajstić information content (AvgIpc) is 3.20. The second-order valence-corrected chi connectivity index (χ2v) is 6.34. The van der Waals surface area contributed by atoms with E-state index >= 15 is 0 Å². The molecule has 7 heteroatoms. The summed E-state index contributed by atoms with van der Waals surface area (Å²) in [5.74, 6) is -0.00896. The van der Waals surface area contributed by atoms with Gasteiger partial charge in [-0.2, -0.15) is 5.10 Å². The van der Waals surface area contributed by atoms with Gasteiger partial charge in [0, 0.05) is 44.6 Å². The highest BCUT2D eigenvalue weighted by Crippen LogP contribution is 2.25. The van der Waals surface area contributed by atoms with Crippen molar-refractivity contribution >= 4 is 11.6 Å². The summed E-state index contributed by atoms with van der Waals surface area (Å²) in [6.07, 6.45) is 7.91. The van der Waals surface area contributed by atoms with E-state index in [9.17, 15) is 9.90 Å². The van der Waals surface area contributed by atoms with Gasteiger partial charge in [0.15, 0.2) is 5.65 Å². The molecule has 1 amide bonds. The summed E-state index contributed by atoms with van der Waals surface area (Å²) in [6.45, 7) is 3.01. The maximum absolute atomic E-state index is 12.7. The van der Waals surface area contributed by atoms with Gasteiger partial charge in [0.05, 0.1) is 12.3 Å². The minimum absolute atomic E-state index is 0.00896. The molecule has 0 radical (unpaired) electrons. The van der Waals surface area contributed by atoms with Crippen LogP contribution in [-0.4, -0.2) is 73.7 Å². The van der Waals surface area contributed by atoms with Crippen molar-refractivity contribution in [1.82, 2.24) is 24.4 Å². The molecule has 122 valence electrons. The molecule has 0 spiro atoms. The van der Waals surface area contributed by atoms with E-state index in [4.69, 9.17) is 0 Å². The molecule has 3 heterocycles. The van der Waals surface area contributed by atoms with Crippen LogP contribution >= 0.6 is 0 Å². The lowest BCUT2D eigenvalue weighted by atomic mass is 10.1. The Labute approximate surface area is 134 Å². The summed E-state index contributed by atoms with van der Waals surface area (Å²) in [5.41, 5.74) is 1.16. The highest BCUT2D eigenvalue weighted by Gasteiger charge is 2.33. The molecule has 0 aromatic carbocycles. The van der Waals surface area contributed by atoms with E-state index in [0.29, 0.717) is 24.3 Å². The van der Waals surface area contributed by atoms with E-state index < -0.39 is 0 Å². The van der Waals surface area contributed by atoms with Crippen LogP contribution in [0.25, 0.3) is 5.65 Å². The Balaban J connectivity index is 1.45. The van der Waals surface area contributed by atoms with Crippen LogP contribution in [0.2, 0.25) is 0 Å². The molecule has 1 aliphatic heterocycles. The van der Waals surface area contributed by atoms with Crippen LogP contribution in [0.3, 0.4) is 0 Å². The van der Waals surface area contributed by atoms with Gasteiger partial charge >= 0.3 is 0 Å². The van der Waals surface area contributed by atoms with Gasteiger partial charge in [-0.05, 0) is 25.3 Å². The number of hydrogen-bond acceptors (Lipinski definition) is 5. The van der Waals surface area contributed by atoms with Crippen molar-refractivity contribution in [2.75, 3.05) is 26.2 Å². The Morgan fingerprint density at radius 1 is 1.22 bits per heavy atom. The van der Waals surface area contributed by atoms with Gasteiger partial charge in [0.1, 0.15) is 5.56 Å². The second kappa shape index (κ2) is 5.90. The van der Waals surface area contributed by atoms with E-state index in [-0.39, 0.29) is 18.1 Å². The number of hydrogen-bond donors (Lipinski definition) is 1. The normalized spacial score (nSPS) is 26.0. The fourth-order valence-corrected chi connectivity index (χ4v) is 3.75. The molecule has 4 rings (SSSR count). The van der Waals surface area contributed by atoms with Crippen LogP contribution in [-0.2, 0) is 0 Å². The summed E-state index contributed by atoms with van der Waals surface area (Å²) in [4.78, 5) is 21.2. The van der Waals surface area contributed by atoms with Crippen molar-refractivity contribution in [3.05, 3.63) is 30.2 Å². The Morgan fingerprint density at radius 3 is 2.78 bits per heavy atom. The van der Waals surface area contributed by atoms with Gasteiger partial charge in [-0.15, -0.1) is 0 Å². The maximum atomic E-state index is 12.7. The second-order valence-electron chi connectivity index (χ2n) is 6.34. The molecule has 2 fully saturated rings. The first-order valence-electron chi connectivity index (χ1n) is 8.24. The molecule has 0 bridgehead atoms. The topological polar surface area (TPSA) is 74.0 Å². The van der Waals surface area contributed by atoms with Gasteiger partial charge in [-0.25, -0.2) is 9.50 Å². The van der Waals surface area contributed by atoms with E-state index in [0.717, 1.165) is 32.4 Å². The number of aliphatic hydroxyl groups excluding tert-OH is 1. The summed E-state index contributed by atoms with van der Waals surface area (Å²) in [5, 5.41) is 14.2. The molecular weight excluding hydrogens is 294 g/mol. The minimum atomic E-state index is -0.207. The molecule has 2 atom stereocenters. The zero-order chi connectivity index (χ0) is 15.8. The molecule has 2 aliphatic rings. The molecule has 23 heavy (non-hydrogen) atoms. The lowest BCUT2D eigenvalue weighted by molar-refractivity contribution is 0.0316. The fourth-order valence-electron chi connectivity index (χ4n) is 3.75. The quantitative estimate of drug-likeness (QED) is 0.868. The summed E-state index contributed by atoms with van der Waals surface area (Å²) in [7, 11) is 0. The largest absolute Gasteiger partial charge is 0.391 e. The van der Waals surface area contributed by atoms with E-state index in [1.165, 1.54) is 0 Å². The van der Waals surface area contributed by atoms with Crippen LogP contribution in [0.15, 0.2) is 24.7 Å². The van der Waals surface area contributed by atoms with E-state index in [1.807, 2.05) is 4.90 Å². The van der Waals surface area contributed by atoms with E-state index in [2.05, 4.69) is 15.0 Å². The first-order chi connectivity index (χ1) is 11.2. The maximum Gasteiger partial charge on any atom is 0.259 e. The SMILES string of the molecule is O=C(c1cnn2cccnc12)N1CCN([C@H]2CCC[C@@H]2O)CC1. The molecule has 1 aliphatic carbocycles. The van der Waals surface area contributed by atoms with Crippen LogP contribution in [0.5, 0.6) is 0 Å². The zero-order valence-corrected chi connectivity index (χ0v) is 13.0. The molecule has 1 N–H and O–H groups in total. The summed E-state index contributed by atoms with van der Waals surface area (Å²) in [6, 6.07) is 2.06. The third-order valence-electron chi connectivity index (χ3n) is 5.02. The number of carbonyl (C=O) groups is 1. The smallest absolute Gasteiger partial charge is 0.259 e. The average molecular weight is 315 g/mol. The molecule has 1 saturated heterocycles. The highest BCUT2D eigenvalue weighted by molar-refractivity contribution is 5.99. The first-order valence-corrected chi connectivity index (χ1v) is 8.24. The van der Waals surface area contributed by atoms with Crippen LogP contribution in [0, 0.1) is 0 Å². The van der Waals surface area contributed by atoms with Crippen molar-refractivity contribution in [2.24, 2.45) is 0 Å². The Kier molecular flexibility index (Phi) is 3.74. The molecule has 2 aromatic rings. The van der Waals surface area contributed by atoms with Crippen LogP contribution in [0.1, 0.15) is 29.6 Å². The van der Waals surface area contributed by atoms with Crippen molar-refractivity contribution in [3.63, 3.8) is 0 Å². The third kappa shape index (κ3) is 2.60. The molecule has 7 nitrogen and oxygen atoms in total. The van der Waals surface area contributed by atoms with Gasteiger partial charge in [0.25, 0.3) is 5.91 Å². The van der Waals surface area contributed by atoms with Gasteiger partial charge < -0.3 is 10.0 Å². The number of amides is 1. The lowest BCUT2D eigenvalue weighted by Gasteiger charge is -2.39. The van der Waals surface area contributed by atoms with Gasteiger partial charge in [0.2, 0.25) is 0 Å². The minimum Gasteiger partial charge on any atom is -0.391 e. The predicted molar refractivity (Wildman–Crippen MR) is 84.1 cm³/mol. The van der Waals surface area contributed by atoms with Crippen LogP contribution in [0.4, 0.5) is 0 Å². The summed E-state index contributed by atoms with van der Waals surface area (Å²) < 4.78 is 1.62. The van der Waals surface area contributed by atoms with Crippen molar-refractivity contribution in [1.29, 1.82) is 0 Å². The lowest BCUT2D eigenvalue weighted by Crippen LogP contribution is -2.53. The van der Waals surface area contributed by atoms with Crippen molar-refractivity contribution in [2.45, 2.75) is 31.4 Å². The standard InChI is InChI=1S/C16H21N5O2/c22-14-4-1-3-13(14)19-7-9-20(10-8-19)16(23)12-11-18-21-6-2-5-17-15(12)21/h2,5-6,11,13-14,22H,1,3-4,7-10H2/t13-,14-/m0/s1.